The first-order valence-corrected chi connectivity index (χ1v) is 11.5. The lowest BCUT2D eigenvalue weighted by atomic mass is 9.77. The SMILES string of the molecule is CC(C)(C)c1cc(C(c2cccc(C(F)(F)F)c2)N2CCCCC2)c(O)c(C(C)(C)C)c1. The van der Waals surface area contributed by atoms with Gasteiger partial charge in [0.05, 0.1) is 11.6 Å². The van der Waals surface area contributed by atoms with E-state index in [1.165, 1.54) is 12.1 Å². The van der Waals surface area contributed by atoms with E-state index in [-0.39, 0.29) is 16.6 Å². The Bertz CT molecular complexity index is 945. The lowest BCUT2D eigenvalue weighted by Gasteiger charge is -2.37. The highest BCUT2D eigenvalue weighted by atomic mass is 19.4. The molecule has 0 aromatic heterocycles. The van der Waals surface area contributed by atoms with E-state index in [4.69, 9.17) is 0 Å². The van der Waals surface area contributed by atoms with Crippen molar-refractivity contribution in [3.63, 3.8) is 0 Å². The van der Waals surface area contributed by atoms with Crippen molar-refractivity contribution in [2.24, 2.45) is 0 Å². The molecule has 5 heteroatoms. The van der Waals surface area contributed by atoms with Crippen molar-refractivity contribution in [2.45, 2.75) is 83.9 Å². The Labute approximate surface area is 190 Å². The molecule has 1 saturated heterocycles. The minimum Gasteiger partial charge on any atom is -0.507 e. The van der Waals surface area contributed by atoms with E-state index in [0.29, 0.717) is 11.1 Å². The lowest BCUT2D eigenvalue weighted by molar-refractivity contribution is -0.137. The van der Waals surface area contributed by atoms with Gasteiger partial charge in [-0.1, -0.05) is 66.2 Å². The zero-order valence-corrected chi connectivity index (χ0v) is 20.1. The minimum absolute atomic E-state index is 0.164. The van der Waals surface area contributed by atoms with Gasteiger partial charge >= 0.3 is 6.18 Å². The van der Waals surface area contributed by atoms with Gasteiger partial charge in [-0.3, -0.25) is 4.90 Å². The Morgan fingerprint density at radius 3 is 1.97 bits per heavy atom. The van der Waals surface area contributed by atoms with Gasteiger partial charge in [0, 0.05) is 5.56 Å². The highest BCUT2D eigenvalue weighted by molar-refractivity contribution is 5.52. The predicted molar refractivity (Wildman–Crippen MR) is 124 cm³/mol. The maximum Gasteiger partial charge on any atom is 0.416 e. The standard InChI is InChI=1S/C27H36F3NO/c1-25(2,3)20-16-21(24(32)22(17-20)26(4,5)6)23(31-13-8-7-9-14-31)18-11-10-12-19(15-18)27(28,29)30/h10-12,15-17,23,32H,7-9,13-14H2,1-6H3. The molecule has 1 heterocycles. The van der Waals surface area contributed by atoms with Gasteiger partial charge in [0.1, 0.15) is 5.75 Å². The summed E-state index contributed by atoms with van der Waals surface area (Å²) in [6.45, 7) is 14.1. The molecule has 1 aliphatic heterocycles. The number of nitrogens with zero attached hydrogens (tertiary/aromatic N) is 1. The fraction of sp³-hybridized carbons (Fsp3) is 0.556. The molecule has 0 spiro atoms. The average molecular weight is 448 g/mol. The maximum absolute atomic E-state index is 13.5. The van der Waals surface area contributed by atoms with Crippen molar-refractivity contribution in [1.29, 1.82) is 0 Å². The van der Waals surface area contributed by atoms with Crippen LogP contribution in [0.4, 0.5) is 13.2 Å². The Hall–Kier alpha value is -2.01. The minimum atomic E-state index is -4.41. The summed E-state index contributed by atoms with van der Waals surface area (Å²) < 4.78 is 40.6. The lowest BCUT2D eigenvalue weighted by Crippen LogP contribution is -2.35. The largest absolute Gasteiger partial charge is 0.507 e. The number of phenolic OH excluding ortho intramolecular Hbond substituents is 1. The quantitative estimate of drug-likeness (QED) is 0.524. The summed E-state index contributed by atoms with van der Waals surface area (Å²) in [5.74, 6) is 0.193. The van der Waals surface area contributed by atoms with E-state index in [2.05, 4.69) is 52.5 Å². The Morgan fingerprint density at radius 2 is 1.44 bits per heavy atom. The molecule has 0 saturated carbocycles. The molecule has 0 bridgehead atoms. The fourth-order valence-electron chi connectivity index (χ4n) is 4.52. The summed E-state index contributed by atoms with van der Waals surface area (Å²) in [6, 6.07) is 9.23. The number of likely N-dealkylation sites (tertiary alicyclic amines) is 1. The van der Waals surface area contributed by atoms with Crippen molar-refractivity contribution in [3.05, 3.63) is 64.2 Å². The monoisotopic (exact) mass is 447 g/mol. The van der Waals surface area contributed by atoms with Crippen LogP contribution < -0.4 is 0 Å². The molecule has 1 unspecified atom stereocenters. The number of aromatic hydroxyl groups is 1. The number of benzene rings is 2. The van der Waals surface area contributed by atoms with Crippen LogP contribution >= 0.6 is 0 Å². The molecule has 3 rings (SSSR count). The first-order valence-electron chi connectivity index (χ1n) is 11.5. The van der Waals surface area contributed by atoms with Crippen molar-refractivity contribution < 1.29 is 18.3 Å². The molecule has 176 valence electrons. The van der Waals surface area contributed by atoms with E-state index in [1.807, 2.05) is 6.07 Å². The molecule has 2 aromatic rings. The molecule has 2 aromatic carbocycles. The van der Waals surface area contributed by atoms with Gasteiger partial charge < -0.3 is 5.11 Å². The van der Waals surface area contributed by atoms with Crippen molar-refractivity contribution in [1.82, 2.24) is 4.90 Å². The summed E-state index contributed by atoms with van der Waals surface area (Å²) in [4.78, 5) is 2.23. The summed E-state index contributed by atoms with van der Waals surface area (Å²) in [6.07, 6.45) is -1.29. The van der Waals surface area contributed by atoms with Crippen molar-refractivity contribution in [3.8, 4) is 5.75 Å². The zero-order chi connectivity index (χ0) is 23.9. The highest BCUT2D eigenvalue weighted by Gasteiger charge is 2.34. The number of alkyl halides is 3. The second-order valence-corrected chi connectivity index (χ2v) is 11.1. The molecule has 1 N–H and O–H groups in total. The first-order chi connectivity index (χ1) is 14.7. The molecular formula is C27H36F3NO. The highest BCUT2D eigenvalue weighted by Crippen LogP contribution is 2.44. The molecular weight excluding hydrogens is 411 g/mol. The number of halogens is 3. The molecule has 1 fully saturated rings. The molecule has 2 nitrogen and oxygen atoms in total. The van der Waals surface area contributed by atoms with Gasteiger partial charge in [-0.2, -0.15) is 13.2 Å². The number of hydrogen-bond acceptors (Lipinski definition) is 2. The summed E-state index contributed by atoms with van der Waals surface area (Å²) in [7, 11) is 0. The Kier molecular flexibility index (Phi) is 6.72. The topological polar surface area (TPSA) is 23.5 Å². The second-order valence-electron chi connectivity index (χ2n) is 11.1. The van der Waals surface area contributed by atoms with Crippen molar-refractivity contribution in [2.75, 3.05) is 13.1 Å². The number of piperidine rings is 1. The van der Waals surface area contributed by atoms with Gasteiger partial charge in [0.25, 0.3) is 0 Å². The molecule has 0 amide bonds. The summed E-state index contributed by atoms with van der Waals surface area (Å²) in [5, 5.41) is 11.5. The van der Waals surface area contributed by atoms with E-state index >= 15 is 0 Å². The van der Waals surface area contributed by atoms with Gasteiger partial charge in [-0.25, -0.2) is 0 Å². The van der Waals surface area contributed by atoms with E-state index in [0.717, 1.165) is 49.5 Å². The van der Waals surface area contributed by atoms with Crippen LogP contribution in [-0.4, -0.2) is 23.1 Å². The van der Waals surface area contributed by atoms with E-state index in [9.17, 15) is 18.3 Å². The number of rotatable bonds is 3. The normalized spacial score (nSPS) is 17.4. The van der Waals surface area contributed by atoms with Gasteiger partial charge in [-0.15, -0.1) is 0 Å². The number of hydrogen-bond donors (Lipinski definition) is 1. The molecule has 1 atom stereocenters. The first kappa shape index (κ1) is 24.6. The third kappa shape index (κ3) is 5.31. The third-order valence-corrected chi connectivity index (χ3v) is 6.39. The van der Waals surface area contributed by atoms with Crippen LogP contribution in [-0.2, 0) is 17.0 Å². The Morgan fingerprint density at radius 1 is 0.812 bits per heavy atom. The van der Waals surface area contributed by atoms with Crippen LogP contribution in [0.15, 0.2) is 36.4 Å². The average Bonchev–Trinajstić information content (AvgIpc) is 2.68. The Balaban J connectivity index is 2.28. The summed E-state index contributed by atoms with van der Waals surface area (Å²) in [5.41, 5.74) is 2.05. The smallest absolute Gasteiger partial charge is 0.416 e. The van der Waals surface area contributed by atoms with Gasteiger partial charge in [-0.05, 0) is 71.7 Å². The van der Waals surface area contributed by atoms with Crippen LogP contribution in [0.2, 0.25) is 0 Å². The second kappa shape index (κ2) is 8.74. The van der Waals surface area contributed by atoms with E-state index < -0.39 is 17.8 Å². The number of phenols is 1. The maximum atomic E-state index is 13.5. The van der Waals surface area contributed by atoms with E-state index in [1.54, 1.807) is 6.07 Å². The summed E-state index contributed by atoms with van der Waals surface area (Å²) >= 11 is 0. The van der Waals surface area contributed by atoms with Crippen LogP contribution in [0.3, 0.4) is 0 Å². The molecule has 1 aliphatic rings. The van der Waals surface area contributed by atoms with Gasteiger partial charge in [0.2, 0.25) is 0 Å². The predicted octanol–water partition coefficient (Wildman–Crippen LogP) is 7.58. The third-order valence-electron chi connectivity index (χ3n) is 6.39. The van der Waals surface area contributed by atoms with Crippen LogP contribution in [0.25, 0.3) is 0 Å². The van der Waals surface area contributed by atoms with Crippen LogP contribution in [0, 0.1) is 0 Å². The zero-order valence-electron chi connectivity index (χ0n) is 20.1. The molecule has 0 radical (unpaired) electrons. The molecule has 0 aliphatic carbocycles. The van der Waals surface area contributed by atoms with Crippen LogP contribution in [0.5, 0.6) is 5.75 Å². The van der Waals surface area contributed by atoms with Crippen LogP contribution in [0.1, 0.15) is 94.7 Å². The molecule has 32 heavy (non-hydrogen) atoms. The van der Waals surface area contributed by atoms with Gasteiger partial charge in [0.15, 0.2) is 0 Å². The van der Waals surface area contributed by atoms with Crippen molar-refractivity contribution >= 4 is 0 Å². The fourth-order valence-corrected chi connectivity index (χ4v) is 4.52.